The van der Waals surface area contributed by atoms with Gasteiger partial charge < -0.3 is 14.8 Å². The number of likely N-dealkylation sites (tertiary alicyclic amines) is 1. The molecule has 0 aromatic heterocycles. The van der Waals surface area contributed by atoms with Gasteiger partial charge in [-0.3, -0.25) is 4.90 Å². The fraction of sp³-hybridized carbons (Fsp3) is 0.647. The molecule has 0 unspecified atom stereocenters. The lowest BCUT2D eigenvalue weighted by molar-refractivity contribution is 0.194. The molecule has 2 rings (SSSR count). The summed E-state index contributed by atoms with van der Waals surface area (Å²) < 4.78 is 10.6. The molecular formula is C17H28N2O2. The first-order valence-electron chi connectivity index (χ1n) is 7.91. The van der Waals surface area contributed by atoms with Crippen LogP contribution in [0, 0.1) is 0 Å². The quantitative estimate of drug-likeness (QED) is 0.709. The van der Waals surface area contributed by atoms with Gasteiger partial charge in [-0.2, -0.15) is 0 Å². The van der Waals surface area contributed by atoms with Crippen LogP contribution in [0.4, 0.5) is 0 Å². The lowest BCUT2D eigenvalue weighted by Gasteiger charge is -2.16. The summed E-state index contributed by atoms with van der Waals surface area (Å²) in [5.74, 6) is 0.992. The fourth-order valence-electron chi connectivity index (χ4n) is 2.80. The van der Waals surface area contributed by atoms with Crippen LogP contribution in [-0.2, 0) is 17.8 Å². The predicted molar refractivity (Wildman–Crippen MR) is 85.7 cm³/mol. The van der Waals surface area contributed by atoms with Gasteiger partial charge in [-0.25, -0.2) is 0 Å². The zero-order chi connectivity index (χ0) is 14.9. The molecule has 1 aromatic carbocycles. The van der Waals surface area contributed by atoms with Crippen molar-refractivity contribution in [2.24, 2.45) is 0 Å². The second kappa shape index (κ2) is 9.03. The molecule has 4 nitrogen and oxygen atoms in total. The molecule has 1 N–H and O–H groups in total. The molecule has 1 aromatic rings. The van der Waals surface area contributed by atoms with Crippen molar-refractivity contribution in [3.63, 3.8) is 0 Å². The van der Waals surface area contributed by atoms with Gasteiger partial charge in [0, 0.05) is 32.4 Å². The predicted octanol–water partition coefficient (Wildman–Crippen LogP) is 2.42. The Morgan fingerprint density at radius 2 is 2.00 bits per heavy atom. The van der Waals surface area contributed by atoms with Gasteiger partial charge in [-0.1, -0.05) is 12.1 Å². The third-order valence-electron chi connectivity index (χ3n) is 3.97. The van der Waals surface area contributed by atoms with Crippen LogP contribution < -0.4 is 10.1 Å². The van der Waals surface area contributed by atoms with E-state index in [9.17, 15) is 0 Å². The second-order valence-corrected chi connectivity index (χ2v) is 5.65. The van der Waals surface area contributed by atoms with Crippen molar-refractivity contribution in [2.45, 2.75) is 32.4 Å². The van der Waals surface area contributed by atoms with Crippen LogP contribution in [-0.4, -0.2) is 45.4 Å². The third kappa shape index (κ3) is 5.30. The smallest absolute Gasteiger partial charge is 0.123 e. The van der Waals surface area contributed by atoms with Crippen LogP contribution in [0.2, 0.25) is 0 Å². The van der Waals surface area contributed by atoms with Crippen molar-refractivity contribution in [1.29, 1.82) is 0 Å². The van der Waals surface area contributed by atoms with Gasteiger partial charge in [0.15, 0.2) is 0 Å². The first-order chi connectivity index (χ1) is 10.3. The molecule has 118 valence electrons. The first kappa shape index (κ1) is 16.3. The second-order valence-electron chi connectivity index (χ2n) is 5.65. The van der Waals surface area contributed by atoms with Crippen LogP contribution in [0.25, 0.3) is 0 Å². The van der Waals surface area contributed by atoms with Crippen molar-refractivity contribution in [1.82, 2.24) is 10.2 Å². The normalized spacial score (nSPS) is 15.5. The molecule has 1 fully saturated rings. The summed E-state index contributed by atoms with van der Waals surface area (Å²) in [4.78, 5) is 2.51. The molecule has 21 heavy (non-hydrogen) atoms. The van der Waals surface area contributed by atoms with Crippen LogP contribution in [0.5, 0.6) is 5.75 Å². The van der Waals surface area contributed by atoms with E-state index in [2.05, 4.69) is 28.4 Å². The van der Waals surface area contributed by atoms with Gasteiger partial charge in [-0.15, -0.1) is 0 Å². The minimum absolute atomic E-state index is 0.804. The Labute approximate surface area is 128 Å². The Hall–Kier alpha value is -1.10. The van der Waals surface area contributed by atoms with E-state index in [1.54, 1.807) is 14.2 Å². The number of benzene rings is 1. The number of ether oxygens (including phenoxy) is 2. The van der Waals surface area contributed by atoms with Gasteiger partial charge in [0.1, 0.15) is 5.75 Å². The lowest BCUT2D eigenvalue weighted by atomic mass is 10.1. The molecule has 1 heterocycles. The van der Waals surface area contributed by atoms with Crippen LogP contribution >= 0.6 is 0 Å². The van der Waals surface area contributed by atoms with E-state index >= 15 is 0 Å². The molecule has 0 amide bonds. The highest BCUT2D eigenvalue weighted by atomic mass is 16.5. The van der Waals surface area contributed by atoms with Crippen molar-refractivity contribution >= 4 is 0 Å². The van der Waals surface area contributed by atoms with Crippen LogP contribution in [0.15, 0.2) is 18.2 Å². The van der Waals surface area contributed by atoms with E-state index < -0.39 is 0 Å². The molecule has 1 aliphatic rings. The number of hydrogen-bond donors (Lipinski definition) is 1. The minimum atomic E-state index is 0.804. The Balaban J connectivity index is 1.86. The largest absolute Gasteiger partial charge is 0.496 e. The molecule has 0 atom stereocenters. The number of hydrogen-bond acceptors (Lipinski definition) is 4. The van der Waals surface area contributed by atoms with Crippen LogP contribution in [0.1, 0.15) is 30.4 Å². The average molecular weight is 292 g/mol. The number of rotatable bonds is 9. The van der Waals surface area contributed by atoms with Gasteiger partial charge in [0.25, 0.3) is 0 Å². The summed E-state index contributed by atoms with van der Waals surface area (Å²) in [6.07, 6.45) is 3.70. The molecule has 1 saturated heterocycles. The summed E-state index contributed by atoms with van der Waals surface area (Å²) in [7, 11) is 3.49. The van der Waals surface area contributed by atoms with E-state index in [0.29, 0.717) is 0 Å². The number of methoxy groups -OCH3 is 2. The summed E-state index contributed by atoms with van der Waals surface area (Å²) in [5.41, 5.74) is 2.57. The summed E-state index contributed by atoms with van der Waals surface area (Å²) in [6.45, 7) is 6.11. The number of nitrogens with zero attached hydrogens (tertiary/aromatic N) is 1. The maximum atomic E-state index is 5.55. The van der Waals surface area contributed by atoms with E-state index in [1.165, 1.54) is 37.1 Å². The molecular weight excluding hydrogens is 264 g/mol. The lowest BCUT2D eigenvalue weighted by Crippen LogP contribution is -2.19. The zero-order valence-corrected chi connectivity index (χ0v) is 13.4. The maximum Gasteiger partial charge on any atom is 0.123 e. The monoisotopic (exact) mass is 292 g/mol. The van der Waals surface area contributed by atoms with Crippen molar-refractivity contribution in [3.8, 4) is 5.75 Å². The Kier molecular flexibility index (Phi) is 7.00. The topological polar surface area (TPSA) is 33.7 Å². The highest BCUT2D eigenvalue weighted by molar-refractivity contribution is 5.37. The SMILES string of the molecule is COCCCNCc1ccc(CN2CCCC2)cc1OC. The van der Waals surface area contributed by atoms with Gasteiger partial charge in [-0.05, 0) is 50.5 Å². The van der Waals surface area contributed by atoms with E-state index in [4.69, 9.17) is 9.47 Å². The molecule has 4 heteroatoms. The van der Waals surface area contributed by atoms with Gasteiger partial charge in [0.2, 0.25) is 0 Å². The highest BCUT2D eigenvalue weighted by Crippen LogP contribution is 2.22. The minimum Gasteiger partial charge on any atom is -0.496 e. The molecule has 0 radical (unpaired) electrons. The van der Waals surface area contributed by atoms with Crippen molar-refractivity contribution < 1.29 is 9.47 Å². The summed E-state index contributed by atoms with van der Waals surface area (Å²) in [5, 5.41) is 3.43. The Morgan fingerprint density at radius 1 is 1.19 bits per heavy atom. The molecule has 0 spiro atoms. The van der Waals surface area contributed by atoms with Gasteiger partial charge >= 0.3 is 0 Å². The standard InChI is InChI=1S/C17H28N2O2/c1-20-11-5-8-18-13-16-7-6-15(12-17(16)21-2)14-19-9-3-4-10-19/h6-7,12,18H,3-5,8-11,13-14H2,1-2H3. The maximum absolute atomic E-state index is 5.55. The summed E-state index contributed by atoms with van der Waals surface area (Å²) in [6, 6.07) is 6.60. The third-order valence-corrected chi connectivity index (χ3v) is 3.97. The van der Waals surface area contributed by atoms with Crippen molar-refractivity contribution in [3.05, 3.63) is 29.3 Å². The Bertz CT molecular complexity index is 417. The first-order valence-corrected chi connectivity index (χ1v) is 7.91. The van der Waals surface area contributed by atoms with Crippen LogP contribution in [0.3, 0.4) is 0 Å². The molecule has 0 aliphatic carbocycles. The fourth-order valence-corrected chi connectivity index (χ4v) is 2.80. The molecule has 0 saturated carbocycles. The van der Waals surface area contributed by atoms with Crippen molar-refractivity contribution in [2.75, 3.05) is 40.5 Å². The van der Waals surface area contributed by atoms with E-state index in [-0.39, 0.29) is 0 Å². The number of nitrogens with one attached hydrogen (secondary N) is 1. The van der Waals surface area contributed by atoms with E-state index in [0.717, 1.165) is 38.4 Å². The molecule has 0 bridgehead atoms. The zero-order valence-electron chi connectivity index (χ0n) is 13.4. The van der Waals surface area contributed by atoms with E-state index in [1.807, 2.05) is 0 Å². The molecule has 1 aliphatic heterocycles. The Morgan fingerprint density at radius 3 is 2.71 bits per heavy atom. The summed E-state index contributed by atoms with van der Waals surface area (Å²) >= 11 is 0. The highest BCUT2D eigenvalue weighted by Gasteiger charge is 2.12. The average Bonchev–Trinajstić information content (AvgIpc) is 3.01. The van der Waals surface area contributed by atoms with Gasteiger partial charge in [0.05, 0.1) is 7.11 Å².